The molecule has 29 heavy (non-hydrogen) atoms. The number of anilines is 2. The van der Waals surface area contributed by atoms with Gasteiger partial charge >= 0.3 is 0 Å². The number of piperazine rings is 1. The van der Waals surface area contributed by atoms with Gasteiger partial charge in [0.2, 0.25) is 5.91 Å². The topological polar surface area (TPSA) is 88.0 Å². The molecule has 1 saturated heterocycles. The molecule has 1 N–H and O–H groups in total. The Morgan fingerprint density at radius 3 is 2.48 bits per heavy atom. The highest BCUT2D eigenvalue weighted by atomic mass is 16.6. The summed E-state index contributed by atoms with van der Waals surface area (Å²) in [5.41, 5.74) is 2.87. The third-order valence-electron chi connectivity index (χ3n) is 5.34. The number of methoxy groups -OCH3 is 1. The van der Waals surface area contributed by atoms with Crippen LogP contribution in [0.5, 0.6) is 5.75 Å². The molecule has 1 fully saturated rings. The second-order valence-corrected chi connectivity index (χ2v) is 7.14. The van der Waals surface area contributed by atoms with E-state index in [9.17, 15) is 14.9 Å². The zero-order valence-electron chi connectivity index (χ0n) is 17.0. The summed E-state index contributed by atoms with van der Waals surface area (Å²) in [7, 11) is 1.66. The molecule has 0 unspecified atom stereocenters. The Hall–Kier alpha value is -3.13. The SMILES string of the molecule is COc1ccccc1N1CCN(CC(=O)Nc2c([N+](=O)[O-])ccc(C)c2C)CC1. The van der Waals surface area contributed by atoms with Gasteiger partial charge in [0.15, 0.2) is 0 Å². The lowest BCUT2D eigenvalue weighted by atomic mass is 10.1. The van der Waals surface area contributed by atoms with Crippen molar-refractivity contribution >= 4 is 23.0 Å². The van der Waals surface area contributed by atoms with Gasteiger partial charge in [-0.25, -0.2) is 0 Å². The van der Waals surface area contributed by atoms with E-state index in [0.717, 1.165) is 43.2 Å². The molecule has 1 aliphatic heterocycles. The quantitative estimate of drug-likeness (QED) is 0.595. The number of ether oxygens (including phenoxy) is 1. The van der Waals surface area contributed by atoms with Crippen molar-refractivity contribution in [2.24, 2.45) is 0 Å². The molecule has 8 heteroatoms. The fourth-order valence-electron chi connectivity index (χ4n) is 3.53. The minimum atomic E-state index is -0.464. The van der Waals surface area contributed by atoms with Crippen LogP contribution in [0.15, 0.2) is 36.4 Å². The lowest BCUT2D eigenvalue weighted by molar-refractivity contribution is -0.384. The molecule has 0 atom stereocenters. The molecular weight excluding hydrogens is 372 g/mol. The van der Waals surface area contributed by atoms with E-state index in [1.54, 1.807) is 20.1 Å². The standard InChI is InChI=1S/C21H26N4O4/c1-15-8-9-18(25(27)28)21(16(15)2)22-20(26)14-23-10-12-24(13-11-23)17-6-4-5-7-19(17)29-3/h4-9H,10-14H2,1-3H3,(H,22,26). The predicted molar refractivity (Wildman–Crippen MR) is 113 cm³/mol. The van der Waals surface area contributed by atoms with Crippen LogP contribution in [0.2, 0.25) is 0 Å². The Balaban J connectivity index is 1.61. The van der Waals surface area contributed by atoms with E-state index in [-0.39, 0.29) is 23.8 Å². The zero-order chi connectivity index (χ0) is 21.0. The molecule has 1 aliphatic rings. The van der Waals surface area contributed by atoms with Gasteiger partial charge < -0.3 is 15.0 Å². The van der Waals surface area contributed by atoms with Gasteiger partial charge in [-0.15, -0.1) is 0 Å². The minimum Gasteiger partial charge on any atom is -0.495 e. The Morgan fingerprint density at radius 1 is 1.14 bits per heavy atom. The largest absolute Gasteiger partial charge is 0.495 e. The molecule has 0 aromatic heterocycles. The number of hydrogen-bond donors (Lipinski definition) is 1. The van der Waals surface area contributed by atoms with E-state index in [1.807, 2.05) is 31.2 Å². The fourth-order valence-corrected chi connectivity index (χ4v) is 3.53. The second kappa shape index (κ2) is 8.91. The first-order valence-electron chi connectivity index (χ1n) is 9.55. The molecule has 2 aromatic rings. The van der Waals surface area contributed by atoms with Crippen molar-refractivity contribution in [2.45, 2.75) is 13.8 Å². The van der Waals surface area contributed by atoms with Crippen LogP contribution < -0.4 is 15.0 Å². The molecule has 1 amide bonds. The number of amides is 1. The molecule has 2 aromatic carbocycles. The number of nitrogens with one attached hydrogen (secondary N) is 1. The van der Waals surface area contributed by atoms with Crippen LogP contribution in [0.25, 0.3) is 0 Å². The van der Waals surface area contributed by atoms with E-state index in [0.29, 0.717) is 5.56 Å². The third-order valence-corrected chi connectivity index (χ3v) is 5.34. The number of rotatable bonds is 6. The Labute approximate surface area is 170 Å². The molecule has 0 spiro atoms. The van der Waals surface area contributed by atoms with Crippen LogP contribution in [0, 0.1) is 24.0 Å². The average Bonchev–Trinajstić information content (AvgIpc) is 2.72. The highest BCUT2D eigenvalue weighted by molar-refractivity contribution is 5.95. The van der Waals surface area contributed by atoms with Crippen molar-refractivity contribution < 1.29 is 14.5 Å². The van der Waals surface area contributed by atoms with Gasteiger partial charge in [-0.05, 0) is 37.1 Å². The molecule has 0 aliphatic carbocycles. The molecule has 154 valence electrons. The van der Waals surface area contributed by atoms with E-state index in [1.165, 1.54) is 6.07 Å². The van der Waals surface area contributed by atoms with Crippen LogP contribution in [0.4, 0.5) is 17.1 Å². The number of carbonyl (C=O) groups is 1. The summed E-state index contributed by atoms with van der Waals surface area (Å²) in [6, 6.07) is 11.0. The average molecular weight is 398 g/mol. The van der Waals surface area contributed by atoms with E-state index < -0.39 is 4.92 Å². The number of hydrogen-bond acceptors (Lipinski definition) is 6. The van der Waals surface area contributed by atoms with Crippen molar-refractivity contribution in [1.29, 1.82) is 0 Å². The minimum absolute atomic E-state index is 0.0811. The normalized spacial score (nSPS) is 14.5. The lowest BCUT2D eigenvalue weighted by Gasteiger charge is -2.36. The summed E-state index contributed by atoms with van der Waals surface area (Å²) < 4.78 is 5.43. The number of carbonyl (C=O) groups excluding carboxylic acids is 1. The molecule has 0 radical (unpaired) electrons. The van der Waals surface area contributed by atoms with Crippen molar-refractivity contribution in [3.63, 3.8) is 0 Å². The number of nitrogens with zero attached hydrogens (tertiary/aromatic N) is 3. The first-order chi connectivity index (χ1) is 13.9. The number of para-hydroxylation sites is 2. The van der Waals surface area contributed by atoms with E-state index in [2.05, 4.69) is 15.1 Å². The molecule has 0 saturated carbocycles. The summed E-state index contributed by atoms with van der Waals surface area (Å²) in [5, 5.41) is 14.1. The summed E-state index contributed by atoms with van der Waals surface area (Å²) in [6.07, 6.45) is 0. The summed E-state index contributed by atoms with van der Waals surface area (Å²) >= 11 is 0. The van der Waals surface area contributed by atoms with Gasteiger partial charge in [0, 0.05) is 32.2 Å². The zero-order valence-corrected chi connectivity index (χ0v) is 17.0. The first-order valence-corrected chi connectivity index (χ1v) is 9.55. The van der Waals surface area contributed by atoms with Gasteiger partial charge in [-0.2, -0.15) is 0 Å². The van der Waals surface area contributed by atoms with Crippen LogP contribution in [0.1, 0.15) is 11.1 Å². The number of benzene rings is 2. The maximum Gasteiger partial charge on any atom is 0.293 e. The highest BCUT2D eigenvalue weighted by Gasteiger charge is 2.23. The van der Waals surface area contributed by atoms with Crippen LogP contribution in [-0.4, -0.2) is 55.6 Å². The number of nitro groups is 1. The maximum atomic E-state index is 12.6. The summed E-state index contributed by atoms with van der Waals surface area (Å²) in [5.74, 6) is 0.591. The Kier molecular flexibility index (Phi) is 6.33. The van der Waals surface area contributed by atoms with Crippen molar-refractivity contribution in [2.75, 3.05) is 50.1 Å². The van der Waals surface area contributed by atoms with Gasteiger partial charge in [0.1, 0.15) is 11.4 Å². The third kappa shape index (κ3) is 4.65. The van der Waals surface area contributed by atoms with Gasteiger partial charge in [-0.3, -0.25) is 19.8 Å². The molecular formula is C21H26N4O4. The van der Waals surface area contributed by atoms with E-state index in [4.69, 9.17) is 4.74 Å². The lowest BCUT2D eigenvalue weighted by Crippen LogP contribution is -2.48. The molecule has 1 heterocycles. The molecule has 8 nitrogen and oxygen atoms in total. The van der Waals surface area contributed by atoms with Crippen molar-refractivity contribution in [3.05, 3.63) is 57.6 Å². The fraction of sp³-hybridized carbons (Fsp3) is 0.381. The monoisotopic (exact) mass is 398 g/mol. The number of nitro benzene ring substituents is 1. The first kappa shape index (κ1) is 20.6. The predicted octanol–water partition coefficient (Wildman–Crippen LogP) is 2.98. The van der Waals surface area contributed by atoms with Crippen molar-refractivity contribution in [1.82, 2.24) is 4.90 Å². The van der Waals surface area contributed by atoms with Crippen LogP contribution in [-0.2, 0) is 4.79 Å². The van der Waals surface area contributed by atoms with Gasteiger partial charge in [-0.1, -0.05) is 18.2 Å². The van der Waals surface area contributed by atoms with Gasteiger partial charge in [0.25, 0.3) is 5.69 Å². The Bertz CT molecular complexity index is 908. The summed E-state index contributed by atoms with van der Waals surface area (Å²) in [6.45, 7) is 6.84. The number of aryl methyl sites for hydroxylation is 1. The van der Waals surface area contributed by atoms with Gasteiger partial charge in [0.05, 0.1) is 24.3 Å². The van der Waals surface area contributed by atoms with Crippen LogP contribution >= 0.6 is 0 Å². The summed E-state index contributed by atoms with van der Waals surface area (Å²) in [4.78, 5) is 27.7. The molecule has 0 bridgehead atoms. The highest BCUT2D eigenvalue weighted by Crippen LogP contribution is 2.30. The maximum absolute atomic E-state index is 12.6. The van der Waals surface area contributed by atoms with E-state index >= 15 is 0 Å². The Morgan fingerprint density at radius 2 is 1.83 bits per heavy atom. The van der Waals surface area contributed by atoms with Crippen LogP contribution in [0.3, 0.4) is 0 Å². The smallest absolute Gasteiger partial charge is 0.293 e. The molecule has 3 rings (SSSR count). The second-order valence-electron chi connectivity index (χ2n) is 7.14. The van der Waals surface area contributed by atoms with Crippen molar-refractivity contribution in [3.8, 4) is 5.75 Å².